The van der Waals surface area contributed by atoms with Gasteiger partial charge in [-0.1, -0.05) is 12.1 Å². The van der Waals surface area contributed by atoms with Gasteiger partial charge in [-0.15, -0.1) is 0 Å². The zero-order chi connectivity index (χ0) is 20.3. The number of amides is 1. The highest BCUT2D eigenvalue weighted by atomic mass is 19.4. The van der Waals surface area contributed by atoms with Crippen molar-refractivity contribution in [3.05, 3.63) is 64.3 Å². The Morgan fingerprint density at radius 3 is 2.68 bits per heavy atom. The summed E-state index contributed by atoms with van der Waals surface area (Å²) >= 11 is 0. The molecular weight excluding hydrogens is 373 g/mol. The van der Waals surface area contributed by atoms with Crippen molar-refractivity contribution < 1.29 is 18.0 Å². The van der Waals surface area contributed by atoms with Gasteiger partial charge in [0, 0.05) is 19.3 Å². The van der Waals surface area contributed by atoms with Gasteiger partial charge < -0.3 is 14.5 Å². The zero-order valence-electron chi connectivity index (χ0n) is 15.2. The van der Waals surface area contributed by atoms with Gasteiger partial charge in [0.05, 0.1) is 11.0 Å². The van der Waals surface area contributed by atoms with Gasteiger partial charge in [0.2, 0.25) is 5.91 Å². The van der Waals surface area contributed by atoms with E-state index in [0.29, 0.717) is 25.6 Å². The second kappa shape index (κ2) is 7.87. The summed E-state index contributed by atoms with van der Waals surface area (Å²) in [4.78, 5) is 28.3. The van der Waals surface area contributed by atoms with Crippen molar-refractivity contribution in [2.24, 2.45) is 0 Å². The number of benzene rings is 1. The number of aromatic nitrogens is 3. The molecule has 2 aromatic heterocycles. The molecule has 0 bridgehead atoms. The summed E-state index contributed by atoms with van der Waals surface area (Å²) in [5.74, 6) is 0.344. The van der Waals surface area contributed by atoms with Crippen molar-refractivity contribution >= 4 is 16.9 Å². The van der Waals surface area contributed by atoms with Gasteiger partial charge in [-0.25, -0.2) is 4.98 Å². The van der Waals surface area contributed by atoms with Crippen LogP contribution in [0.2, 0.25) is 0 Å². The summed E-state index contributed by atoms with van der Waals surface area (Å²) < 4.78 is 41.1. The SMILES string of the molecule is Cc1nc2ccccc2n1CCCNC(=O)Cn1cccc(C(F)(F)F)c1=O. The molecule has 0 saturated carbocycles. The number of nitrogens with zero attached hydrogens (tertiary/aromatic N) is 3. The average Bonchev–Trinajstić information content (AvgIpc) is 2.95. The normalized spacial score (nSPS) is 11.7. The van der Waals surface area contributed by atoms with Crippen molar-refractivity contribution in [3.63, 3.8) is 0 Å². The van der Waals surface area contributed by atoms with Gasteiger partial charge in [-0.05, 0) is 37.6 Å². The Bertz CT molecular complexity index is 1050. The number of alkyl halides is 3. The molecule has 148 valence electrons. The van der Waals surface area contributed by atoms with Gasteiger partial charge in [-0.3, -0.25) is 9.59 Å². The van der Waals surface area contributed by atoms with Crippen LogP contribution >= 0.6 is 0 Å². The largest absolute Gasteiger partial charge is 0.421 e. The Morgan fingerprint density at radius 1 is 1.18 bits per heavy atom. The molecule has 1 N–H and O–H groups in total. The van der Waals surface area contributed by atoms with Gasteiger partial charge >= 0.3 is 6.18 Å². The average molecular weight is 392 g/mol. The first kappa shape index (κ1) is 19.7. The minimum atomic E-state index is -4.75. The number of hydrogen-bond donors (Lipinski definition) is 1. The maximum absolute atomic E-state index is 12.8. The van der Waals surface area contributed by atoms with E-state index in [4.69, 9.17) is 0 Å². The lowest BCUT2D eigenvalue weighted by atomic mass is 10.2. The van der Waals surface area contributed by atoms with E-state index in [-0.39, 0.29) is 0 Å². The van der Waals surface area contributed by atoms with Crippen LogP contribution in [0.3, 0.4) is 0 Å². The molecule has 0 atom stereocenters. The van der Waals surface area contributed by atoms with Crippen molar-refractivity contribution in [3.8, 4) is 0 Å². The van der Waals surface area contributed by atoms with Gasteiger partial charge in [0.15, 0.2) is 0 Å². The fourth-order valence-corrected chi connectivity index (χ4v) is 3.03. The molecular formula is C19H19F3N4O2. The highest BCUT2D eigenvalue weighted by Crippen LogP contribution is 2.25. The summed E-state index contributed by atoms with van der Waals surface area (Å²) in [6, 6.07) is 9.53. The van der Waals surface area contributed by atoms with Crippen LogP contribution in [-0.2, 0) is 24.1 Å². The lowest BCUT2D eigenvalue weighted by molar-refractivity contribution is -0.139. The number of fused-ring (bicyclic) bond motifs is 1. The molecule has 1 aromatic carbocycles. The molecule has 3 aromatic rings. The third kappa shape index (κ3) is 4.24. The number of carbonyl (C=O) groups is 1. The Balaban J connectivity index is 1.56. The quantitative estimate of drug-likeness (QED) is 0.656. The number of hydrogen-bond acceptors (Lipinski definition) is 3. The van der Waals surface area contributed by atoms with Crippen LogP contribution in [0.1, 0.15) is 17.8 Å². The highest BCUT2D eigenvalue weighted by molar-refractivity contribution is 5.76. The fourth-order valence-electron chi connectivity index (χ4n) is 3.03. The highest BCUT2D eigenvalue weighted by Gasteiger charge is 2.34. The number of carbonyl (C=O) groups excluding carboxylic acids is 1. The van der Waals surface area contributed by atoms with Crippen LogP contribution in [0.25, 0.3) is 11.0 Å². The topological polar surface area (TPSA) is 68.9 Å². The number of imidazole rings is 1. The number of halogens is 3. The lowest BCUT2D eigenvalue weighted by Gasteiger charge is -2.11. The molecule has 0 radical (unpaired) electrons. The van der Waals surface area contributed by atoms with Crippen LogP contribution < -0.4 is 10.9 Å². The van der Waals surface area contributed by atoms with Crippen molar-refractivity contribution in [2.45, 2.75) is 32.6 Å². The Morgan fingerprint density at radius 2 is 1.93 bits per heavy atom. The van der Waals surface area contributed by atoms with Crippen LogP contribution in [-0.4, -0.2) is 26.6 Å². The monoisotopic (exact) mass is 392 g/mol. The van der Waals surface area contributed by atoms with Gasteiger partial charge in [0.25, 0.3) is 5.56 Å². The summed E-state index contributed by atoms with van der Waals surface area (Å²) in [5.41, 5.74) is -0.620. The lowest BCUT2D eigenvalue weighted by Crippen LogP contribution is -2.35. The maximum Gasteiger partial charge on any atom is 0.421 e. The standard InChI is InChI=1S/C19H19F3N4O2/c1-13-24-15-7-2-3-8-16(15)26(13)11-5-9-23-17(27)12-25-10-4-6-14(18(25)28)19(20,21)22/h2-4,6-8,10H,5,9,11-12H2,1H3,(H,23,27). The van der Waals surface area contributed by atoms with E-state index >= 15 is 0 Å². The number of rotatable bonds is 6. The third-order valence-electron chi connectivity index (χ3n) is 4.37. The van der Waals surface area contributed by atoms with E-state index in [1.807, 2.05) is 35.8 Å². The summed E-state index contributed by atoms with van der Waals surface area (Å²) in [6.45, 7) is 2.41. The molecule has 1 amide bonds. The maximum atomic E-state index is 12.8. The molecule has 0 aliphatic carbocycles. The minimum absolute atomic E-state index is 0.332. The summed E-state index contributed by atoms with van der Waals surface area (Å²) in [5, 5.41) is 2.63. The third-order valence-corrected chi connectivity index (χ3v) is 4.37. The minimum Gasteiger partial charge on any atom is -0.354 e. The van der Waals surface area contributed by atoms with Crippen LogP contribution in [0.15, 0.2) is 47.4 Å². The Kier molecular flexibility index (Phi) is 5.53. The predicted octanol–water partition coefficient (Wildman–Crippen LogP) is 2.73. The number of nitrogens with one attached hydrogen (secondary N) is 1. The van der Waals surface area contributed by atoms with Gasteiger partial charge in [0.1, 0.15) is 17.9 Å². The number of para-hydroxylation sites is 2. The zero-order valence-corrected chi connectivity index (χ0v) is 15.2. The van der Waals surface area contributed by atoms with Gasteiger partial charge in [-0.2, -0.15) is 13.2 Å². The molecule has 0 aliphatic rings. The molecule has 3 rings (SSSR count). The van der Waals surface area contributed by atoms with E-state index in [2.05, 4.69) is 10.3 Å². The molecule has 0 fully saturated rings. The second-order valence-corrected chi connectivity index (χ2v) is 6.36. The first-order chi connectivity index (χ1) is 13.3. The molecule has 28 heavy (non-hydrogen) atoms. The summed E-state index contributed by atoms with van der Waals surface area (Å²) in [7, 11) is 0. The van der Waals surface area contributed by atoms with E-state index in [1.165, 1.54) is 0 Å². The number of aryl methyl sites for hydroxylation is 2. The van der Waals surface area contributed by atoms with Crippen LogP contribution in [0.4, 0.5) is 13.2 Å². The Labute approximate surface area is 158 Å². The van der Waals surface area contributed by atoms with Crippen molar-refractivity contribution in [2.75, 3.05) is 6.54 Å². The number of pyridine rings is 1. The van der Waals surface area contributed by atoms with Crippen LogP contribution in [0, 0.1) is 6.92 Å². The molecule has 0 aliphatic heterocycles. The van der Waals surface area contributed by atoms with Crippen molar-refractivity contribution in [1.82, 2.24) is 19.4 Å². The Hall–Kier alpha value is -3.10. The van der Waals surface area contributed by atoms with E-state index in [0.717, 1.165) is 33.7 Å². The molecule has 0 unspecified atom stereocenters. The molecule has 0 saturated heterocycles. The van der Waals surface area contributed by atoms with Crippen molar-refractivity contribution in [1.29, 1.82) is 0 Å². The van der Waals surface area contributed by atoms with E-state index < -0.39 is 29.8 Å². The predicted molar refractivity (Wildman–Crippen MR) is 97.8 cm³/mol. The fraction of sp³-hybridized carbons (Fsp3) is 0.316. The molecule has 9 heteroatoms. The second-order valence-electron chi connectivity index (χ2n) is 6.36. The van der Waals surface area contributed by atoms with E-state index in [9.17, 15) is 22.8 Å². The molecule has 2 heterocycles. The van der Waals surface area contributed by atoms with E-state index in [1.54, 1.807) is 0 Å². The summed E-state index contributed by atoms with van der Waals surface area (Å²) in [6.07, 6.45) is -2.97. The first-order valence-corrected chi connectivity index (χ1v) is 8.72. The molecule has 0 spiro atoms. The smallest absolute Gasteiger partial charge is 0.354 e. The molecule has 6 nitrogen and oxygen atoms in total. The first-order valence-electron chi connectivity index (χ1n) is 8.72. The van der Waals surface area contributed by atoms with Crippen LogP contribution in [0.5, 0.6) is 0 Å².